The maximum Gasteiger partial charge on any atom is 0.261 e. The molecule has 1 amide bonds. The van der Waals surface area contributed by atoms with Gasteiger partial charge in [0.05, 0.1) is 26.6 Å². The number of aliphatic hydroxyl groups is 1. The van der Waals surface area contributed by atoms with Crippen LogP contribution >= 0.6 is 22.7 Å². The van der Waals surface area contributed by atoms with E-state index >= 15 is 0 Å². The number of carbonyl (C=O) groups is 1. The fraction of sp³-hybridized carbons (Fsp3) is 0.294. The van der Waals surface area contributed by atoms with E-state index in [0.29, 0.717) is 11.4 Å². The summed E-state index contributed by atoms with van der Waals surface area (Å²) in [7, 11) is 0. The van der Waals surface area contributed by atoms with Gasteiger partial charge in [0.15, 0.2) is 0 Å². The summed E-state index contributed by atoms with van der Waals surface area (Å²) in [5.74, 6) is -0.0675. The average Bonchev–Trinajstić information content (AvgIpc) is 3.00. The SMILES string of the molecule is O=C(NCC1(CO)CC1)c1ccc(-c2nc3ccccc3s2)s1. The Morgan fingerprint density at radius 3 is 2.78 bits per heavy atom. The van der Waals surface area contributed by atoms with E-state index in [1.807, 2.05) is 30.3 Å². The van der Waals surface area contributed by atoms with Crippen LogP contribution in [0.2, 0.25) is 0 Å². The van der Waals surface area contributed by atoms with Crippen molar-refractivity contribution in [3.63, 3.8) is 0 Å². The molecule has 0 saturated heterocycles. The second-order valence-corrected chi connectivity index (χ2v) is 8.11. The molecule has 6 heteroatoms. The van der Waals surface area contributed by atoms with Gasteiger partial charge in [-0.25, -0.2) is 4.98 Å². The maximum atomic E-state index is 12.3. The van der Waals surface area contributed by atoms with Gasteiger partial charge >= 0.3 is 0 Å². The van der Waals surface area contributed by atoms with Crippen molar-refractivity contribution in [1.29, 1.82) is 0 Å². The van der Waals surface area contributed by atoms with Crippen molar-refractivity contribution in [1.82, 2.24) is 10.3 Å². The van der Waals surface area contributed by atoms with Crippen molar-refractivity contribution in [2.24, 2.45) is 5.41 Å². The molecule has 1 fully saturated rings. The van der Waals surface area contributed by atoms with Crippen molar-refractivity contribution in [2.45, 2.75) is 12.8 Å². The minimum Gasteiger partial charge on any atom is -0.396 e. The molecule has 2 aromatic heterocycles. The molecule has 118 valence electrons. The van der Waals surface area contributed by atoms with Crippen LogP contribution < -0.4 is 5.32 Å². The van der Waals surface area contributed by atoms with E-state index in [0.717, 1.165) is 32.9 Å². The first-order valence-electron chi connectivity index (χ1n) is 7.54. The molecule has 0 aliphatic heterocycles. The van der Waals surface area contributed by atoms with Gasteiger partial charge in [-0.05, 0) is 37.1 Å². The number of para-hydroxylation sites is 1. The summed E-state index contributed by atoms with van der Waals surface area (Å²) in [5.41, 5.74) is 0.925. The van der Waals surface area contributed by atoms with Gasteiger partial charge in [0.25, 0.3) is 5.91 Å². The lowest BCUT2D eigenvalue weighted by molar-refractivity contribution is 0.0939. The quantitative estimate of drug-likeness (QED) is 0.744. The van der Waals surface area contributed by atoms with E-state index in [1.165, 1.54) is 11.3 Å². The zero-order valence-corrected chi connectivity index (χ0v) is 14.0. The van der Waals surface area contributed by atoms with Gasteiger partial charge < -0.3 is 10.4 Å². The van der Waals surface area contributed by atoms with Gasteiger partial charge in [0.2, 0.25) is 0 Å². The summed E-state index contributed by atoms with van der Waals surface area (Å²) in [6, 6.07) is 11.8. The number of nitrogens with zero attached hydrogens (tertiary/aromatic N) is 1. The number of carbonyl (C=O) groups excluding carboxylic acids is 1. The number of amides is 1. The molecule has 23 heavy (non-hydrogen) atoms. The lowest BCUT2D eigenvalue weighted by Gasteiger charge is -2.11. The molecular weight excluding hydrogens is 328 g/mol. The Morgan fingerprint density at radius 1 is 1.22 bits per heavy atom. The summed E-state index contributed by atoms with van der Waals surface area (Å²) in [6.07, 6.45) is 1.98. The zero-order chi connectivity index (χ0) is 15.9. The molecule has 1 aliphatic rings. The predicted octanol–water partition coefficient (Wildman–Crippen LogP) is 3.53. The number of thiophene rings is 1. The molecule has 0 unspecified atom stereocenters. The Bertz CT molecular complexity index is 831. The molecule has 0 radical (unpaired) electrons. The summed E-state index contributed by atoms with van der Waals surface area (Å²) in [5, 5.41) is 13.2. The van der Waals surface area contributed by atoms with Crippen molar-refractivity contribution >= 4 is 38.8 Å². The van der Waals surface area contributed by atoms with Crippen LogP contribution in [-0.2, 0) is 0 Å². The van der Waals surface area contributed by atoms with E-state index < -0.39 is 0 Å². The number of fused-ring (bicyclic) bond motifs is 1. The standard InChI is InChI=1S/C17H16N2O2S2/c20-10-17(7-8-17)9-18-15(21)13-5-6-14(22-13)16-19-11-3-1-2-4-12(11)23-16/h1-6,20H,7-10H2,(H,18,21). The second-order valence-electron chi connectivity index (χ2n) is 5.99. The van der Waals surface area contributed by atoms with E-state index in [-0.39, 0.29) is 17.9 Å². The minimum atomic E-state index is -0.0675. The van der Waals surface area contributed by atoms with E-state index in [1.54, 1.807) is 11.3 Å². The zero-order valence-electron chi connectivity index (χ0n) is 12.4. The largest absolute Gasteiger partial charge is 0.396 e. The molecule has 3 aromatic rings. The maximum absolute atomic E-state index is 12.3. The van der Waals surface area contributed by atoms with Crippen molar-refractivity contribution in [2.75, 3.05) is 13.2 Å². The Hall–Kier alpha value is -1.76. The first-order valence-corrected chi connectivity index (χ1v) is 9.17. The summed E-state index contributed by atoms with van der Waals surface area (Å²) >= 11 is 3.10. The molecule has 4 rings (SSSR count). The lowest BCUT2D eigenvalue weighted by atomic mass is 10.1. The molecule has 1 aromatic carbocycles. The first-order chi connectivity index (χ1) is 11.2. The summed E-state index contributed by atoms with van der Waals surface area (Å²) < 4.78 is 1.15. The third kappa shape index (κ3) is 2.89. The Kier molecular flexibility index (Phi) is 3.67. The molecular formula is C17H16N2O2S2. The van der Waals surface area contributed by atoms with Crippen LogP contribution in [0.15, 0.2) is 36.4 Å². The van der Waals surface area contributed by atoms with Crippen molar-refractivity contribution in [3.05, 3.63) is 41.3 Å². The van der Waals surface area contributed by atoms with Crippen LogP contribution in [0.25, 0.3) is 20.1 Å². The minimum absolute atomic E-state index is 0.0667. The fourth-order valence-electron chi connectivity index (χ4n) is 2.47. The van der Waals surface area contributed by atoms with Gasteiger partial charge in [-0.1, -0.05) is 12.1 Å². The fourth-order valence-corrected chi connectivity index (χ4v) is 4.42. The number of benzene rings is 1. The first kappa shape index (κ1) is 14.8. The highest BCUT2D eigenvalue weighted by atomic mass is 32.1. The van der Waals surface area contributed by atoms with Crippen molar-refractivity contribution in [3.8, 4) is 9.88 Å². The van der Waals surface area contributed by atoms with Crippen molar-refractivity contribution < 1.29 is 9.90 Å². The summed E-state index contributed by atoms with van der Waals surface area (Å²) in [4.78, 5) is 18.6. The van der Waals surface area contributed by atoms with Crippen LogP contribution in [0.5, 0.6) is 0 Å². The van der Waals surface area contributed by atoms with E-state index in [4.69, 9.17) is 0 Å². The molecule has 1 aliphatic carbocycles. The summed E-state index contributed by atoms with van der Waals surface area (Å²) in [6.45, 7) is 0.700. The van der Waals surface area contributed by atoms with Gasteiger partial charge in [0, 0.05) is 12.0 Å². The highest BCUT2D eigenvalue weighted by Crippen LogP contribution is 2.44. The topological polar surface area (TPSA) is 62.2 Å². The number of aromatic nitrogens is 1. The average molecular weight is 344 g/mol. The Labute approximate surface area is 141 Å². The number of rotatable bonds is 5. The molecule has 0 atom stereocenters. The molecule has 2 heterocycles. The highest BCUT2D eigenvalue weighted by molar-refractivity contribution is 7.26. The normalized spacial score (nSPS) is 15.7. The van der Waals surface area contributed by atoms with Gasteiger partial charge in [-0.15, -0.1) is 22.7 Å². The number of aliphatic hydroxyl groups excluding tert-OH is 1. The van der Waals surface area contributed by atoms with Crippen LogP contribution in [0, 0.1) is 5.41 Å². The Morgan fingerprint density at radius 2 is 2.04 bits per heavy atom. The lowest BCUT2D eigenvalue weighted by Crippen LogP contribution is -2.31. The molecule has 2 N–H and O–H groups in total. The molecule has 0 bridgehead atoms. The van der Waals surface area contributed by atoms with Gasteiger partial charge in [-0.2, -0.15) is 0 Å². The monoisotopic (exact) mass is 344 g/mol. The van der Waals surface area contributed by atoms with E-state index in [9.17, 15) is 9.90 Å². The third-order valence-corrected chi connectivity index (χ3v) is 6.54. The van der Waals surface area contributed by atoms with Gasteiger partial charge in [-0.3, -0.25) is 4.79 Å². The van der Waals surface area contributed by atoms with Crippen LogP contribution in [-0.4, -0.2) is 29.1 Å². The smallest absolute Gasteiger partial charge is 0.261 e. The van der Waals surface area contributed by atoms with Crippen LogP contribution in [0.3, 0.4) is 0 Å². The highest BCUT2D eigenvalue weighted by Gasteiger charge is 2.42. The second kappa shape index (κ2) is 5.70. The number of hydrogen-bond acceptors (Lipinski definition) is 5. The van der Waals surface area contributed by atoms with Crippen LogP contribution in [0.1, 0.15) is 22.5 Å². The number of nitrogens with one attached hydrogen (secondary N) is 1. The van der Waals surface area contributed by atoms with E-state index in [2.05, 4.69) is 16.4 Å². The molecule has 1 saturated carbocycles. The predicted molar refractivity (Wildman–Crippen MR) is 94.0 cm³/mol. The van der Waals surface area contributed by atoms with Crippen LogP contribution in [0.4, 0.5) is 0 Å². The number of hydrogen-bond donors (Lipinski definition) is 2. The third-order valence-electron chi connectivity index (χ3n) is 4.25. The van der Waals surface area contributed by atoms with Gasteiger partial charge in [0.1, 0.15) is 5.01 Å². The molecule has 0 spiro atoms. The number of thiazole rings is 1. The molecule has 4 nitrogen and oxygen atoms in total. The Balaban J connectivity index is 1.50.